The molecule has 0 amide bonds. The van der Waals surface area contributed by atoms with Crippen molar-refractivity contribution in [3.8, 4) is 0 Å². The molecule has 0 bridgehead atoms. The van der Waals surface area contributed by atoms with Crippen LogP contribution in [-0.2, 0) is 5.41 Å². The maximum atomic E-state index is 9.18. The van der Waals surface area contributed by atoms with Gasteiger partial charge in [0, 0.05) is 28.3 Å². The van der Waals surface area contributed by atoms with E-state index in [0.29, 0.717) is 6.54 Å². The van der Waals surface area contributed by atoms with Crippen LogP contribution < -0.4 is 5.73 Å². The maximum absolute atomic E-state index is 9.18. The number of hydrogen-bond donors (Lipinski definition) is 2. The molecule has 1 aromatic heterocycles. The average Bonchev–Trinajstić information content (AvgIpc) is 2.18. The molecule has 0 fully saturated rings. The van der Waals surface area contributed by atoms with Gasteiger partial charge < -0.3 is 10.8 Å². The Kier molecular flexibility index (Phi) is 3.41. The van der Waals surface area contributed by atoms with E-state index < -0.39 is 5.41 Å². The summed E-state index contributed by atoms with van der Waals surface area (Å²) in [6.07, 6.45) is 1.71. The number of rotatable bonds is 3. The van der Waals surface area contributed by atoms with Crippen LogP contribution in [0.15, 0.2) is 22.8 Å². The van der Waals surface area contributed by atoms with Crippen LogP contribution in [-0.4, -0.2) is 23.2 Å². The van der Waals surface area contributed by atoms with Gasteiger partial charge in [-0.3, -0.25) is 4.98 Å². The van der Waals surface area contributed by atoms with Crippen LogP contribution >= 0.6 is 15.9 Å². The molecular formula is C9H13BrN2O. The molecule has 0 saturated heterocycles. The van der Waals surface area contributed by atoms with Crippen molar-refractivity contribution in [1.29, 1.82) is 0 Å². The molecule has 4 heteroatoms. The van der Waals surface area contributed by atoms with Gasteiger partial charge >= 0.3 is 0 Å². The number of nitrogens with two attached hydrogens (primary N) is 1. The van der Waals surface area contributed by atoms with Crippen molar-refractivity contribution in [3.05, 3.63) is 28.5 Å². The summed E-state index contributed by atoms with van der Waals surface area (Å²) in [5, 5.41) is 9.18. The second-order valence-electron chi connectivity index (χ2n) is 3.28. The molecule has 0 aliphatic rings. The second kappa shape index (κ2) is 4.17. The molecular weight excluding hydrogens is 232 g/mol. The fourth-order valence-corrected chi connectivity index (χ4v) is 1.22. The van der Waals surface area contributed by atoms with E-state index in [1.54, 1.807) is 6.20 Å². The third-order valence-electron chi connectivity index (χ3n) is 2.15. The Hall–Kier alpha value is -0.450. The molecule has 0 spiro atoms. The third-order valence-corrected chi connectivity index (χ3v) is 2.61. The summed E-state index contributed by atoms with van der Waals surface area (Å²) in [6, 6.07) is 3.76. The van der Waals surface area contributed by atoms with E-state index in [9.17, 15) is 5.11 Å². The highest BCUT2D eigenvalue weighted by Gasteiger charge is 2.25. The van der Waals surface area contributed by atoms with Gasteiger partial charge in [0.1, 0.15) is 0 Å². The number of aliphatic hydroxyl groups excluding tert-OH is 1. The minimum absolute atomic E-state index is 0.0120. The standard InChI is InChI=1S/C9H13BrN2O/c1-9(5-11,6-13)8-3-2-7(10)4-12-8/h2-4,13H,5-6,11H2,1H3. The molecule has 3 nitrogen and oxygen atoms in total. The molecule has 72 valence electrons. The van der Waals surface area contributed by atoms with E-state index in [4.69, 9.17) is 5.73 Å². The summed E-state index contributed by atoms with van der Waals surface area (Å²) in [4.78, 5) is 4.21. The van der Waals surface area contributed by atoms with Gasteiger partial charge in [0.15, 0.2) is 0 Å². The fraction of sp³-hybridized carbons (Fsp3) is 0.444. The molecule has 1 rings (SSSR count). The molecule has 0 saturated carbocycles. The minimum atomic E-state index is -0.430. The highest BCUT2D eigenvalue weighted by molar-refractivity contribution is 9.10. The van der Waals surface area contributed by atoms with Crippen LogP contribution in [0.1, 0.15) is 12.6 Å². The van der Waals surface area contributed by atoms with E-state index in [1.165, 1.54) is 0 Å². The van der Waals surface area contributed by atoms with Gasteiger partial charge in [-0.1, -0.05) is 6.92 Å². The van der Waals surface area contributed by atoms with Crippen molar-refractivity contribution in [2.45, 2.75) is 12.3 Å². The Bertz CT molecular complexity index is 269. The van der Waals surface area contributed by atoms with Crippen molar-refractivity contribution in [3.63, 3.8) is 0 Å². The van der Waals surface area contributed by atoms with Gasteiger partial charge in [0.05, 0.1) is 6.61 Å². The summed E-state index contributed by atoms with van der Waals surface area (Å²) in [6.45, 7) is 2.29. The zero-order valence-corrected chi connectivity index (χ0v) is 9.08. The smallest absolute Gasteiger partial charge is 0.0552 e. The summed E-state index contributed by atoms with van der Waals surface area (Å²) in [7, 11) is 0. The molecule has 0 radical (unpaired) electrons. The summed E-state index contributed by atoms with van der Waals surface area (Å²) < 4.78 is 0.925. The normalized spacial score (nSPS) is 15.4. The lowest BCUT2D eigenvalue weighted by molar-refractivity contribution is 0.207. The molecule has 1 heterocycles. The minimum Gasteiger partial charge on any atom is -0.395 e. The Morgan fingerprint density at radius 2 is 2.31 bits per heavy atom. The van der Waals surface area contributed by atoms with Gasteiger partial charge in [0.2, 0.25) is 0 Å². The lowest BCUT2D eigenvalue weighted by Crippen LogP contribution is -2.36. The Labute approximate surface area is 86.1 Å². The predicted octanol–water partition coefficient (Wildman–Crippen LogP) is 1.05. The Morgan fingerprint density at radius 1 is 1.62 bits per heavy atom. The van der Waals surface area contributed by atoms with Gasteiger partial charge in [0.25, 0.3) is 0 Å². The molecule has 0 aliphatic carbocycles. The first-order valence-corrected chi connectivity index (χ1v) is 4.84. The topological polar surface area (TPSA) is 59.1 Å². The first-order chi connectivity index (χ1) is 6.12. The van der Waals surface area contributed by atoms with E-state index in [1.807, 2.05) is 19.1 Å². The Balaban J connectivity index is 2.99. The summed E-state index contributed by atoms with van der Waals surface area (Å²) in [5.74, 6) is 0. The summed E-state index contributed by atoms with van der Waals surface area (Å²) >= 11 is 3.30. The van der Waals surface area contributed by atoms with E-state index in [2.05, 4.69) is 20.9 Å². The quantitative estimate of drug-likeness (QED) is 0.836. The third kappa shape index (κ3) is 2.27. The molecule has 0 aromatic carbocycles. The second-order valence-corrected chi connectivity index (χ2v) is 4.20. The highest BCUT2D eigenvalue weighted by atomic mass is 79.9. The average molecular weight is 245 g/mol. The molecule has 1 unspecified atom stereocenters. The lowest BCUT2D eigenvalue weighted by Gasteiger charge is -2.24. The number of aliphatic hydroxyl groups is 1. The van der Waals surface area contributed by atoms with Crippen LogP contribution in [0.2, 0.25) is 0 Å². The molecule has 13 heavy (non-hydrogen) atoms. The van der Waals surface area contributed by atoms with Crippen LogP contribution in [0.4, 0.5) is 0 Å². The van der Waals surface area contributed by atoms with Gasteiger partial charge in [-0.25, -0.2) is 0 Å². The van der Waals surface area contributed by atoms with Crippen molar-refractivity contribution >= 4 is 15.9 Å². The van der Waals surface area contributed by atoms with Crippen molar-refractivity contribution < 1.29 is 5.11 Å². The Morgan fingerprint density at radius 3 is 2.69 bits per heavy atom. The zero-order valence-electron chi connectivity index (χ0n) is 7.50. The number of hydrogen-bond acceptors (Lipinski definition) is 3. The van der Waals surface area contributed by atoms with E-state index in [-0.39, 0.29) is 6.61 Å². The molecule has 3 N–H and O–H groups in total. The van der Waals surface area contributed by atoms with Crippen molar-refractivity contribution in [2.75, 3.05) is 13.2 Å². The van der Waals surface area contributed by atoms with Gasteiger partial charge in [-0.05, 0) is 28.1 Å². The van der Waals surface area contributed by atoms with E-state index in [0.717, 1.165) is 10.2 Å². The number of halogens is 1. The van der Waals surface area contributed by atoms with Gasteiger partial charge in [-0.2, -0.15) is 0 Å². The summed E-state index contributed by atoms with van der Waals surface area (Å²) in [5.41, 5.74) is 5.97. The molecule has 0 aliphatic heterocycles. The SMILES string of the molecule is CC(CN)(CO)c1ccc(Br)cn1. The zero-order chi connectivity index (χ0) is 9.90. The number of aromatic nitrogens is 1. The molecule has 1 atom stereocenters. The van der Waals surface area contributed by atoms with Crippen LogP contribution in [0.5, 0.6) is 0 Å². The first kappa shape index (κ1) is 10.6. The predicted molar refractivity (Wildman–Crippen MR) is 55.4 cm³/mol. The largest absolute Gasteiger partial charge is 0.395 e. The van der Waals surface area contributed by atoms with Crippen LogP contribution in [0.3, 0.4) is 0 Å². The lowest BCUT2D eigenvalue weighted by atomic mass is 9.87. The monoisotopic (exact) mass is 244 g/mol. The van der Waals surface area contributed by atoms with Crippen molar-refractivity contribution in [2.24, 2.45) is 5.73 Å². The molecule has 1 aromatic rings. The number of nitrogens with zero attached hydrogens (tertiary/aromatic N) is 1. The first-order valence-electron chi connectivity index (χ1n) is 4.05. The number of pyridine rings is 1. The maximum Gasteiger partial charge on any atom is 0.0552 e. The van der Waals surface area contributed by atoms with Gasteiger partial charge in [-0.15, -0.1) is 0 Å². The van der Waals surface area contributed by atoms with Crippen LogP contribution in [0, 0.1) is 0 Å². The van der Waals surface area contributed by atoms with E-state index >= 15 is 0 Å². The highest BCUT2D eigenvalue weighted by Crippen LogP contribution is 2.20. The fourth-order valence-electron chi connectivity index (χ4n) is 0.983. The van der Waals surface area contributed by atoms with Crippen LogP contribution in [0.25, 0.3) is 0 Å². The van der Waals surface area contributed by atoms with Crippen molar-refractivity contribution in [1.82, 2.24) is 4.98 Å².